The highest BCUT2D eigenvalue weighted by Gasteiger charge is 2.31. The number of hydrogen-bond acceptors (Lipinski definition) is 3. The van der Waals surface area contributed by atoms with Crippen LogP contribution in [-0.4, -0.2) is 26.4 Å². The molecule has 1 heterocycles. The van der Waals surface area contributed by atoms with Gasteiger partial charge in [-0.05, 0) is 42.2 Å². The summed E-state index contributed by atoms with van der Waals surface area (Å²) in [4.78, 5) is 0.120. The predicted molar refractivity (Wildman–Crippen MR) is 90.5 cm³/mol. The van der Waals surface area contributed by atoms with Crippen molar-refractivity contribution < 1.29 is 13.2 Å². The molecule has 0 N–H and O–H groups in total. The molecule has 0 bridgehead atoms. The van der Waals surface area contributed by atoms with E-state index in [1.165, 1.54) is 23.0 Å². The second kappa shape index (κ2) is 6.15. The maximum Gasteiger partial charge on any atom is 0.247 e. The van der Waals surface area contributed by atoms with Gasteiger partial charge in [0.05, 0.1) is 7.11 Å². The number of ether oxygens (including phenoxy) is 1. The number of hydrogen-bond donors (Lipinski definition) is 0. The first-order chi connectivity index (χ1) is 10.9. The van der Waals surface area contributed by atoms with Gasteiger partial charge >= 0.3 is 0 Å². The zero-order chi connectivity index (χ0) is 16.6. The first kappa shape index (κ1) is 16.3. The highest BCUT2D eigenvalue weighted by molar-refractivity contribution is 7.89. The van der Waals surface area contributed by atoms with Crippen LogP contribution in [0.15, 0.2) is 41.3 Å². The van der Waals surface area contributed by atoms with Crippen molar-refractivity contribution in [2.45, 2.75) is 24.8 Å². The summed E-state index contributed by atoms with van der Waals surface area (Å²) in [6.07, 6.45) is 0.706. The predicted octanol–water partition coefficient (Wildman–Crippen LogP) is 3.40. The number of benzene rings is 2. The summed E-state index contributed by atoms with van der Waals surface area (Å²) in [5.41, 5.74) is 3.03. The van der Waals surface area contributed by atoms with Gasteiger partial charge < -0.3 is 4.74 Å². The van der Waals surface area contributed by atoms with Crippen molar-refractivity contribution in [3.63, 3.8) is 0 Å². The molecule has 0 saturated heterocycles. The van der Waals surface area contributed by atoms with Crippen molar-refractivity contribution in [1.82, 2.24) is 4.31 Å². The van der Waals surface area contributed by atoms with Crippen molar-refractivity contribution in [3.05, 3.63) is 58.1 Å². The van der Waals surface area contributed by atoms with Crippen LogP contribution >= 0.6 is 11.6 Å². The number of methoxy groups -OCH3 is 1. The SMILES string of the molecule is COc1cc(C)c(Cl)cc1S(=O)(=O)N1CCc2ccccc2C1. The van der Waals surface area contributed by atoms with Crippen molar-refractivity contribution in [1.29, 1.82) is 0 Å². The molecule has 0 spiro atoms. The molecular weight excluding hydrogens is 334 g/mol. The first-order valence-electron chi connectivity index (χ1n) is 7.34. The molecule has 122 valence electrons. The Morgan fingerprint density at radius 1 is 1.17 bits per heavy atom. The molecule has 0 atom stereocenters. The summed E-state index contributed by atoms with van der Waals surface area (Å²) in [6, 6.07) is 11.1. The molecule has 2 aromatic rings. The number of sulfonamides is 1. The van der Waals surface area contributed by atoms with Crippen molar-refractivity contribution in [3.8, 4) is 5.75 Å². The second-order valence-electron chi connectivity index (χ2n) is 5.61. The van der Waals surface area contributed by atoms with Gasteiger partial charge in [-0.25, -0.2) is 8.42 Å². The largest absolute Gasteiger partial charge is 0.495 e. The fourth-order valence-corrected chi connectivity index (χ4v) is 4.62. The van der Waals surface area contributed by atoms with Gasteiger partial charge in [0, 0.05) is 18.1 Å². The minimum Gasteiger partial charge on any atom is -0.495 e. The molecule has 3 rings (SSSR count). The van der Waals surface area contributed by atoms with Gasteiger partial charge in [0.25, 0.3) is 0 Å². The third kappa shape index (κ3) is 2.96. The van der Waals surface area contributed by atoms with Crippen LogP contribution in [0.3, 0.4) is 0 Å². The van der Waals surface area contributed by atoms with Gasteiger partial charge in [-0.3, -0.25) is 0 Å². The molecule has 4 nitrogen and oxygen atoms in total. The summed E-state index contributed by atoms with van der Waals surface area (Å²) in [5, 5.41) is 0.418. The standard InChI is InChI=1S/C17H18ClNO3S/c1-12-9-16(22-2)17(10-15(12)18)23(20,21)19-8-7-13-5-3-4-6-14(13)11-19/h3-6,9-10H,7-8,11H2,1-2H3. The fourth-order valence-electron chi connectivity index (χ4n) is 2.81. The maximum atomic E-state index is 13.0. The van der Waals surface area contributed by atoms with Crippen LogP contribution in [-0.2, 0) is 23.0 Å². The van der Waals surface area contributed by atoms with Gasteiger partial charge in [0.15, 0.2) is 0 Å². The van der Waals surface area contributed by atoms with Gasteiger partial charge in [0.1, 0.15) is 10.6 Å². The van der Waals surface area contributed by atoms with Gasteiger partial charge in [-0.1, -0.05) is 35.9 Å². The van der Waals surface area contributed by atoms with Crippen LogP contribution in [0.1, 0.15) is 16.7 Å². The third-order valence-electron chi connectivity index (χ3n) is 4.16. The second-order valence-corrected chi connectivity index (χ2v) is 7.92. The Morgan fingerprint density at radius 3 is 2.57 bits per heavy atom. The summed E-state index contributed by atoms with van der Waals surface area (Å²) >= 11 is 6.13. The lowest BCUT2D eigenvalue weighted by molar-refractivity contribution is 0.377. The number of rotatable bonds is 3. The van der Waals surface area contributed by atoms with Crippen molar-refractivity contribution >= 4 is 21.6 Å². The molecule has 0 aliphatic carbocycles. The molecule has 2 aromatic carbocycles. The highest BCUT2D eigenvalue weighted by Crippen LogP contribution is 2.34. The first-order valence-corrected chi connectivity index (χ1v) is 9.16. The average Bonchev–Trinajstić information content (AvgIpc) is 2.56. The minimum absolute atomic E-state index is 0.120. The molecule has 23 heavy (non-hydrogen) atoms. The van der Waals surface area contributed by atoms with Crippen LogP contribution in [0.5, 0.6) is 5.75 Å². The Balaban J connectivity index is 2.02. The van der Waals surface area contributed by atoms with Crippen LogP contribution < -0.4 is 4.74 Å². The Kier molecular flexibility index (Phi) is 4.36. The Bertz CT molecular complexity index is 849. The average molecular weight is 352 g/mol. The lowest BCUT2D eigenvalue weighted by Gasteiger charge is -2.28. The highest BCUT2D eigenvalue weighted by atomic mass is 35.5. The van der Waals surface area contributed by atoms with E-state index in [-0.39, 0.29) is 4.90 Å². The smallest absolute Gasteiger partial charge is 0.247 e. The van der Waals surface area contributed by atoms with Crippen LogP contribution in [0, 0.1) is 6.92 Å². The zero-order valence-electron chi connectivity index (χ0n) is 13.0. The molecule has 0 radical (unpaired) electrons. The molecule has 0 unspecified atom stereocenters. The molecule has 1 aliphatic heterocycles. The normalized spacial score (nSPS) is 15.3. The fraction of sp³-hybridized carbons (Fsp3) is 0.294. The zero-order valence-corrected chi connectivity index (χ0v) is 14.6. The number of fused-ring (bicyclic) bond motifs is 1. The van der Waals surface area contributed by atoms with E-state index in [2.05, 4.69) is 0 Å². The number of halogens is 1. The van der Waals surface area contributed by atoms with Crippen molar-refractivity contribution in [2.24, 2.45) is 0 Å². The molecule has 0 aromatic heterocycles. The Labute approximate surface area is 141 Å². The molecule has 0 amide bonds. The molecule has 1 aliphatic rings. The van der Waals surface area contributed by atoms with E-state index in [4.69, 9.17) is 16.3 Å². The summed E-state index contributed by atoms with van der Waals surface area (Å²) < 4.78 is 32.8. The van der Waals surface area contributed by atoms with E-state index < -0.39 is 10.0 Å². The van der Waals surface area contributed by atoms with E-state index in [0.29, 0.717) is 30.3 Å². The Hall–Kier alpha value is -1.56. The summed E-state index contributed by atoms with van der Waals surface area (Å²) in [6.45, 7) is 2.64. The third-order valence-corrected chi connectivity index (χ3v) is 6.43. The quantitative estimate of drug-likeness (QED) is 0.851. The van der Waals surface area contributed by atoms with Crippen molar-refractivity contribution in [2.75, 3.05) is 13.7 Å². The van der Waals surface area contributed by atoms with Gasteiger partial charge in [0.2, 0.25) is 10.0 Å². The van der Waals surface area contributed by atoms with Crippen LogP contribution in [0.2, 0.25) is 5.02 Å². The number of aryl methyl sites for hydroxylation is 1. The summed E-state index contributed by atoms with van der Waals surface area (Å²) in [5.74, 6) is 0.325. The summed E-state index contributed by atoms with van der Waals surface area (Å²) in [7, 11) is -2.20. The van der Waals surface area contributed by atoms with Gasteiger partial charge in [-0.2, -0.15) is 4.31 Å². The van der Waals surface area contributed by atoms with Crippen LogP contribution in [0.4, 0.5) is 0 Å². The molecule has 0 fully saturated rings. The molecular formula is C17H18ClNO3S. The molecule has 0 saturated carbocycles. The van der Waals surface area contributed by atoms with E-state index in [9.17, 15) is 8.42 Å². The Morgan fingerprint density at radius 2 is 1.87 bits per heavy atom. The van der Waals surface area contributed by atoms with E-state index in [0.717, 1.165) is 11.1 Å². The molecule has 6 heteroatoms. The minimum atomic E-state index is -3.66. The lowest BCUT2D eigenvalue weighted by Crippen LogP contribution is -2.36. The van der Waals surface area contributed by atoms with E-state index in [1.807, 2.05) is 31.2 Å². The maximum absolute atomic E-state index is 13.0. The monoisotopic (exact) mass is 351 g/mol. The van der Waals surface area contributed by atoms with Gasteiger partial charge in [-0.15, -0.1) is 0 Å². The topological polar surface area (TPSA) is 46.6 Å². The van der Waals surface area contributed by atoms with E-state index >= 15 is 0 Å². The number of nitrogens with zero attached hydrogens (tertiary/aromatic N) is 1. The van der Waals surface area contributed by atoms with E-state index in [1.54, 1.807) is 6.07 Å². The van der Waals surface area contributed by atoms with Crippen LogP contribution in [0.25, 0.3) is 0 Å². The lowest BCUT2D eigenvalue weighted by atomic mass is 10.0.